The molecule has 19 heavy (non-hydrogen) atoms. The third-order valence-electron chi connectivity index (χ3n) is 4.64. The van der Waals surface area contributed by atoms with Gasteiger partial charge in [0, 0.05) is 18.6 Å². The first kappa shape index (κ1) is 16.9. The summed E-state index contributed by atoms with van der Waals surface area (Å²) < 4.78 is 0. The second-order valence-electron chi connectivity index (χ2n) is 7.23. The Balaban J connectivity index is 2.49. The van der Waals surface area contributed by atoms with Crippen LogP contribution in [0.25, 0.3) is 0 Å². The van der Waals surface area contributed by atoms with Crippen LogP contribution in [0.4, 0.5) is 0 Å². The van der Waals surface area contributed by atoms with Gasteiger partial charge in [0.2, 0.25) is 0 Å². The van der Waals surface area contributed by atoms with Crippen molar-refractivity contribution in [3.63, 3.8) is 0 Å². The largest absolute Gasteiger partial charge is 0.329 e. The molecule has 3 heteroatoms. The number of likely N-dealkylation sites (tertiary alicyclic amines) is 1. The summed E-state index contributed by atoms with van der Waals surface area (Å²) in [5.41, 5.74) is 6.38. The monoisotopic (exact) mass is 269 g/mol. The summed E-state index contributed by atoms with van der Waals surface area (Å²) >= 11 is 0. The topological polar surface area (TPSA) is 32.5 Å². The number of rotatable bonds is 7. The average molecular weight is 269 g/mol. The van der Waals surface area contributed by atoms with Crippen LogP contribution in [-0.2, 0) is 0 Å². The highest BCUT2D eigenvalue weighted by atomic mass is 15.2. The van der Waals surface area contributed by atoms with Crippen molar-refractivity contribution in [2.24, 2.45) is 17.6 Å². The maximum Gasteiger partial charge on any atom is 0.0353 e. The van der Waals surface area contributed by atoms with Crippen molar-refractivity contribution in [2.75, 3.05) is 39.8 Å². The van der Waals surface area contributed by atoms with Crippen LogP contribution in [0.1, 0.15) is 47.0 Å². The zero-order valence-corrected chi connectivity index (χ0v) is 13.8. The Morgan fingerprint density at radius 3 is 2.11 bits per heavy atom. The van der Waals surface area contributed by atoms with Gasteiger partial charge >= 0.3 is 0 Å². The highest BCUT2D eigenvalue weighted by molar-refractivity contribution is 4.95. The summed E-state index contributed by atoms with van der Waals surface area (Å²) in [4.78, 5) is 5.15. The van der Waals surface area contributed by atoms with Crippen LogP contribution in [0.3, 0.4) is 0 Å². The van der Waals surface area contributed by atoms with E-state index >= 15 is 0 Å². The van der Waals surface area contributed by atoms with Gasteiger partial charge in [-0.3, -0.25) is 4.90 Å². The summed E-state index contributed by atoms with van der Waals surface area (Å²) in [6.07, 6.45) is 3.73. The normalized spacial score (nSPS) is 20.7. The molecule has 3 nitrogen and oxygen atoms in total. The van der Waals surface area contributed by atoms with Gasteiger partial charge in [-0.05, 0) is 57.8 Å². The van der Waals surface area contributed by atoms with E-state index in [0.29, 0.717) is 0 Å². The predicted molar refractivity (Wildman–Crippen MR) is 84.4 cm³/mol. The Labute approximate surface area is 120 Å². The SMILES string of the molecule is CC(C)CCN(C)C1(CN)CCN(CC(C)C)CC1. The summed E-state index contributed by atoms with van der Waals surface area (Å²) in [6, 6.07) is 0. The first-order valence-electron chi connectivity index (χ1n) is 8.03. The third kappa shape index (κ3) is 5.05. The van der Waals surface area contributed by atoms with Gasteiger partial charge in [-0.2, -0.15) is 0 Å². The van der Waals surface area contributed by atoms with Gasteiger partial charge in [-0.15, -0.1) is 0 Å². The molecule has 0 aromatic heterocycles. The molecule has 0 saturated carbocycles. The fraction of sp³-hybridized carbons (Fsp3) is 1.00. The van der Waals surface area contributed by atoms with Gasteiger partial charge in [0.15, 0.2) is 0 Å². The van der Waals surface area contributed by atoms with Gasteiger partial charge in [-0.1, -0.05) is 27.7 Å². The smallest absolute Gasteiger partial charge is 0.0353 e. The Hall–Kier alpha value is -0.120. The highest BCUT2D eigenvalue weighted by Crippen LogP contribution is 2.28. The minimum Gasteiger partial charge on any atom is -0.329 e. The van der Waals surface area contributed by atoms with Gasteiger partial charge in [0.05, 0.1) is 0 Å². The Kier molecular flexibility index (Phi) is 6.78. The molecular formula is C16H35N3. The van der Waals surface area contributed by atoms with E-state index in [9.17, 15) is 0 Å². The molecule has 1 aliphatic heterocycles. The Bertz CT molecular complexity index is 242. The van der Waals surface area contributed by atoms with E-state index in [-0.39, 0.29) is 5.54 Å². The number of nitrogens with two attached hydrogens (primary N) is 1. The van der Waals surface area contributed by atoms with Crippen LogP contribution in [0.2, 0.25) is 0 Å². The molecular weight excluding hydrogens is 234 g/mol. The lowest BCUT2D eigenvalue weighted by Gasteiger charge is -2.47. The average Bonchev–Trinajstić information content (AvgIpc) is 2.36. The third-order valence-corrected chi connectivity index (χ3v) is 4.64. The molecule has 0 aromatic carbocycles. The molecule has 1 saturated heterocycles. The molecule has 0 spiro atoms. The van der Waals surface area contributed by atoms with Gasteiger partial charge < -0.3 is 10.6 Å². The molecule has 0 radical (unpaired) electrons. The van der Waals surface area contributed by atoms with E-state index in [1.54, 1.807) is 0 Å². The van der Waals surface area contributed by atoms with Crippen LogP contribution in [-0.4, -0.2) is 55.1 Å². The number of hydrogen-bond donors (Lipinski definition) is 1. The van der Waals surface area contributed by atoms with E-state index in [4.69, 9.17) is 5.73 Å². The number of nitrogens with zero attached hydrogens (tertiary/aromatic N) is 2. The van der Waals surface area contributed by atoms with E-state index < -0.39 is 0 Å². The maximum absolute atomic E-state index is 6.13. The Morgan fingerprint density at radius 2 is 1.68 bits per heavy atom. The molecule has 0 aliphatic carbocycles. The van der Waals surface area contributed by atoms with Crippen molar-refractivity contribution in [1.82, 2.24) is 9.80 Å². The minimum atomic E-state index is 0.252. The molecule has 0 atom stereocenters. The minimum absolute atomic E-state index is 0.252. The van der Waals surface area contributed by atoms with Crippen LogP contribution < -0.4 is 5.73 Å². The van der Waals surface area contributed by atoms with E-state index in [0.717, 1.165) is 18.4 Å². The predicted octanol–water partition coefficient (Wildman–Crippen LogP) is 2.41. The van der Waals surface area contributed by atoms with Crippen molar-refractivity contribution in [2.45, 2.75) is 52.5 Å². The van der Waals surface area contributed by atoms with Gasteiger partial charge in [-0.25, -0.2) is 0 Å². The number of piperidine rings is 1. The zero-order valence-electron chi connectivity index (χ0n) is 13.8. The molecule has 0 bridgehead atoms. The molecule has 114 valence electrons. The fourth-order valence-corrected chi connectivity index (χ4v) is 3.10. The fourth-order valence-electron chi connectivity index (χ4n) is 3.10. The first-order chi connectivity index (χ1) is 8.89. The Morgan fingerprint density at radius 1 is 1.11 bits per heavy atom. The maximum atomic E-state index is 6.13. The molecule has 1 fully saturated rings. The lowest BCUT2D eigenvalue weighted by Crippen LogP contribution is -2.58. The molecule has 0 aromatic rings. The van der Waals surface area contributed by atoms with Crippen molar-refractivity contribution in [3.8, 4) is 0 Å². The van der Waals surface area contributed by atoms with E-state index in [1.165, 1.54) is 45.4 Å². The quantitative estimate of drug-likeness (QED) is 0.770. The molecule has 0 unspecified atom stereocenters. The lowest BCUT2D eigenvalue weighted by molar-refractivity contribution is 0.0388. The highest BCUT2D eigenvalue weighted by Gasteiger charge is 2.36. The zero-order chi connectivity index (χ0) is 14.5. The summed E-state index contributed by atoms with van der Waals surface area (Å²) in [5, 5.41) is 0. The van der Waals surface area contributed by atoms with Gasteiger partial charge in [0.1, 0.15) is 0 Å². The van der Waals surface area contributed by atoms with Crippen molar-refractivity contribution < 1.29 is 0 Å². The molecule has 2 N–H and O–H groups in total. The van der Waals surface area contributed by atoms with E-state index in [2.05, 4.69) is 44.5 Å². The van der Waals surface area contributed by atoms with Crippen LogP contribution >= 0.6 is 0 Å². The molecule has 1 heterocycles. The second kappa shape index (κ2) is 7.61. The first-order valence-corrected chi connectivity index (χ1v) is 8.03. The van der Waals surface area contributed by atoms with Crippen molar-refractivity contribution >= 4 is 0 Å². The number of hydrogen-bond acceptors (Lipinski definition) is 3. The number of likely N-dealkylation sites (N-methyl/N-ethyl adjacent to an activating group) is 1. The molecule has 0 amide bonds. The summed E-state index contributed by atoms with van der Waals surface area (Å²) in [7, 11) is 2.27. The summed E-state index contributed by atoms with van der Waals surface area (Å²) in [5.74, 6) is 1.54. The molecule has 1 aliphatic rings. The van der Waals surface area contributed by atoms with Crippen molar-refractivity contribution in [3.05, 3.63) is 0 Å². The summed E-state index contributed by atoms with van der Waals surface area (Å²) in [6.45, 7) is 14.8. The van der Waals surface area contributed by atoms with Crippen LogP contribution in [0, 0.1) is 11.8 Å². The standard InChI is InChI=1S/C16H35N3/c1-14(2)6-9-18(5)16(13-17)7-10-19(11-8-16)12-15(3)4/h14-15H,6-13,17H2,1-5H3. The van der Waals surface area contributed by atoms with Gasteiger partial charge in [0.25, 0.3) is 0 Å². The lowest BCUT2D eigenvalue weighted by atomic mass is 9.85. The van der Waals surface area contributed by atoms with Crippen LogP contribution in [0.5, 0.6) is 0 Å². The van der Waals surface area contributed by atoms with Crippen molar-refractivity contribution in [1.29, 1.82) is 0 Å². The van der Waals surface area contributed by atoms with E-state index in [1.807, 2.05) is 0 Å². The molecule has 1 rings (SSSR count). The second-order valence-corrected chi connectivity index (χ2v) is 7.23. The van der Waals surface area contributed by atoms with Crippen LogP contribution in [0.15, 0.2) is 0 Å².